The molecule has 16 heavy (non-hydrogen) atoms. The van der Waals surface area contributed by atoms with Crippen LogP contribution >= 0.6 is 15.9 Å². The summed E-state index contributed by atoms with van der Waals surface area (Å²) in [5, 5.41) is 13.1. The molecule has 1 heterocycles. The topological polar surface area (TPSA) is 55.1 Å². The highest BCUT2D eigenvalue weighted by molar-refractivity contribution is 9.10. The number of hydrogen-bond donors (Lipinski definition) is 1. The minimum absolute atomic E-state index is 0.620. The highest BCUT2D eigenvalue weighted by Gasteiger charge is 2.25. The summed E-state index contributed by atoms with van der Waals surface area (Å²) in [6, 6.07) is 0. The van der Waals surface area contributed by atoms with Gasteiger partial charge in [0.1, 0.15) is 0 Å². The molecule has 1 aromatic rings. The molecule has 90 valence electrons. The van der Waals surface area contributed by atoms with Crippen molar-refractivity contribution in [3.05, 3.63) is 16.9 Å². The zero-order valence-corrected chi connectivity index (χ0v) is 11.2. The van der Waals surface area contributed by atoms with E-state index in [4.69, 9.17) is 5.11 Å². The molecule has 0 spiro atoms. The fraction of sp³-hybridized carbons (Fsp3) is 0.636. The number of aryl methyl sites for hydroxylation is 1. The van der Waals surface area contributed by atoms with Crippen molar-refractivity contribution >= 4 is 21.9 Å². The molecular weight excluding hydrogens is 272 g/mol. The molecule has 0 atom stereocenters. The maximum Gasteiger partial charge on any atom is 0.309 e. The van der Waals surface area contributed by atoms with Crippen LogP contribution in [0.15, 0.2) is 16.9 Å². The second kappa shape index (κ2) is 5.48. The summed E-state index contributed by atoms with van der Waals surface area (Å²) >= 11 is 3.33. The van der Waals surface area contributed by atoms with E-state index in [9.17, 15) is 4.79 Å². The standard InChI is InChI=1S/C11H17BrN2O2/c1-11(2,10(15)16)5-3-4-6-14-8-9(12)7-13-14/h7-8H,3-6H2,1-2H3,(H,15,16). The van der Waals surface area contributed by atoms with Crippen molar-refractivity contribution in [3.63, 3.8) is 0 Å². The molecule has 1 aromatic heterocycles. The quantitative estimate of drug-likeness (QED) is 0.819. The summed E-state index contributed by atoms with van der Waals surface area (Å²) in [4.78, 5) is 10.9. The van der Waals surface area contributed by atoms with Gasteiger partial charge in [0.15, 0.2) is 0 Å². The van der Waals surface area contributed by atoms with Crippen LogP contribution in [0, 0.1) is 5.41 Å². The lowest BCUT2D eigenvalue weighted by molar-refractivity contribution is -0.147. The number of aromatic nitrogens is 2. The molecule has 1 rings (SSSR count). The highest BCUT2D eigenvalue weighted by atomic mass is 79.9. The summed E-state index contributed by atoms with van der Waals surface area (Å²) in [5.41, 5.74) is -0.620. The predicted octanol–water partition coefficient (Wildman–Crippen LogP) is 2.93. The third-order valence-corrected chi connectivity index (χ3v) is 3.03. The van der Waals surface area contributed by atoms with Gasteiger partial charge >= 0.3 is 5.97 Å². The van der Waals surface area contributed by atoms with Gasteiger partial charge in [0.05, 0.1) is 16.1 Å². The van der Waals surface area contributed by atoms with Gasteiger partial charge in [-0.1, -0.05) is 6.42 Å². The number of aliphatic carboxylic acids is 1. The fourth-order valence-corrected chi connectivity index (χ4v) is 1.74. The molecule has 0 saturated carbocycles. The van der Waals surface area contributed by atoms with Crippen LogP contribution < -0.4 is 0 Å². The van der Waals surface area contributed by atoms with E-state index in [0.29, 0.717) is 6.42 Å². The number of carbonyl (C=O) groups is 1. The first kappa shape index (κ1) is 13.2. The molecule has 0 saturated heterocycles. The second-order valence-electron chi connectivity index (χ2n) is 4.57. The van der Waals surface area contributed by atoms with Crippen LogP contribution in [-0.2, 0) is 11.3 Å². The molecule has 4 nitrogen and oxygen atoms in total. The Morgan fingerprint density at radius 2 is 2.25 bits per heavy atom. The van der Waals surface area contributed by atoms with Crippen molar-refractivity contribution in [2.45, 2.75) is 39.7 Å². The van der Waals surface area contributed by atoms with E-state index in [-0.39, 0.29) is 0 Å². The Balaban J connectivity index is 2.24. The first-order chi connectivity index (χ1) is 7.42. The maximum absolute atomic E-state index is 10.9. The molecule has 0 amide bonds. The zero-order chi connectivity index (χ0) is 12.2. The smallest absolute Gasteiger partial charge is 0.309 e. The van der Waals surface area contributed by atoms with Gasteiger partial charge in [-0.25, -0.2) is 0 Å². The van der Waals surface area contributed by atoms with Crippen LogP contribution in [-0.4, -0.2) is 20.9 Å². The lowest BCUT2D eigenvalue weighted by Gasteiger charge is -2.18. The van der Waals surface area contributed by atoms with E-state index in [2.05, 4.69) is 21.0 Å². The Kier molecular flexibility index (Phi) is 4.53. The van der Waals surface area contributed by atoms with Gasteiger partial charge in [-0.15, -0.1) is 0 Å². The molecule has 0 fully saturated rings. The van der Waals surface area contributed by atoms with Gasteiger partial charge in [-0.2, -0.15) is 5.10 Å². The Labute approximate surface area is 104 Å². The molecule has 0 aliphatic carbocycles. The van der Waals surface area contributed by atoms with Gasteiger partial charge in [0.25, 0.3) is 0 Å². The van der Waals surface area contributed by atoms with Crippen molar-refractivity contribution in [3.8, 4) is 0 Å². The van der Waals surface area contributed by atoms with Crippen LogP contribution in [0.5, 0.6) is 0 Å². The lowest BCUT2D eigenvalue weighted by atomic mass is 9.87. The summed E-state index contributed by atoms with van der Waals surface area (Å²) in [7, 11) is 0. The minimum Gasteiger partial charge on any atom is -0.481 e. The number of unbranched alkanes of at least 4 members (excludes halogenated alkanes) is 1. The molecule has 0 aliphatic rings. The molecule has 0 aliphatic heterocycles. The average Bonchev–Trinajstić information content (AvgIpc) is 2.59. The number of nitrogens with zero attached hydrogens (tertiary/aromatic N) is 2. The van der Waals surface area contributed by atoms with E-state index in [1.165, 1.54) is 0 Å². The SMILES string of the molecule is CC(C)(CCCCn1cc(Br)cn1)C(=O)O. The van der Waals surface area contributed by atoms with Gasteiger partial charge in [0.2, 0.25) is 0 Å². The minimum atomic E-state index is -0.727. The van der Waals surface area contributed by atoms with Gasteiger partial charge in [0, 0.05) is 12.7 Å². The molecule has 5 heteroatoms. The van der Waals surface area contributed by atoms with Crippen molar-refractivity contribution in [2.24, 2.45) is 5.41 Å². The highest BCUT2D eigenvalue weighted by Crippen LogP contribution is 2.23. The van der Waals surface area contributed by atoms with E-state index in [1.807, 2.05) is 10.9 Å². The maximum atomic E-state index is 10.9. The lowest BCUT2D eigenvalue weighted by Crippen LogP contribution is -2.23. The summed E-state index contributed by atoms with van der Waals surface area (Å²) < 4.78 is 2.83. The van der Waals surface area contributed by atoms with Crippen LogP contribution in [0.2, 0.25) is 0 Å². The Morgan fingerprint density at radius 3 is 2.75 bits per heavy atom. The second-order valence-corrected chi connectivity index (χ2v) is 5.48. The van der Waals surface area contributed by atoms with Crippen LogP contribution in [0.3, 0.4) is 0 Å². The Morgan fingerprint density at radius 1 is 1.56 bits per heavy atom. The number of hydrogen-bond acceptors (Lipinski definition) is 2. The Bertz CT molecular complexity index is 361. The van der Waals surface area contributed by atoms with Gasteiger partial charge in [-0.05, 0) is 42.6 Å². The van der Waals surface area contributed by atoms with Crippen molar-refractivity contribution < 1.29 is 9.90 Å². The van der Waals surface area contributed by atoms with Crippen LogP contribution in [0.1, 0.15) is 33.1 Å². The molecule has 0 aromatic carbocycles. The number of halogens is 1. The van der Waals surface area contributed by atoms with Crippen molar-refractivity contribution in [1.29, 1.82) is 0 Å². The van der Waals surface area contributed by atoms with E-state index in [0.717, 1.165) is 23.9 Å². The molecule has 0 bridgehead atoms. The zero-order valence-electron chi connectivity index (χ0n) is 9.61. The summed E-state index contributed by atoms with van der Waals surface area (Å²) in [6.45, 7) is 4.36. The van der Waals surface area contributed by atoms with Crippen molar-refractivity contribution in [1.82, 2.24) is 9.78 Å². The largest absolute Gasteiger partial charge is 0.481 e. The molecule has 0 unspecified atom stereocenters. The number of carboxylic acids is 1. The van der Waals surface area contributed by atoms with E-state index < -0.39 is 11.4 Å². The summed E-state index contributed by atoms with van der Waals surface area (Å²) in [5.74, 6) is -0.727. The van der Waals surface area contributed by atoms with Gasteiger partial charge < -0.3 is 5.11 Å². The van der Waals surface area contributed by atoms with Crippen LogP contribution in [0.4, 0.5) is 0 Å². The third kappa shape index (κ3) is 3.96. The number of rotatable bonds is 6. The molecule has 1 N–H and O–H groups in total. The summed E-state index contributed by atoms with van der Waals surface area (Å²) in [6.07, 6.45) is 6.22. The Hall–Kier alpha value is -0.840. The van der Waals surface area contributed by atoms with Crippen molar-refractivity contribution in [2.75, 3.05) is 0 Å². The predicted molar refractivity (Wildman–Crippen MR) is 65.2 cm³/mol. The third-order valence-electron chi connectivity index (χ3n) is 2.62. The molecule has 0 radical (unpaired) electrons. The normalized spacial score (nSPS) is 11.7. The monoisotopic (exact) mass is 288 g/mol. The first-order valence-electron chi connectivity index (χ1n) is 5.33. The van der Waals surface area contributed by atoms with E-state index in [1.54, 1.807) is 20.0 Å². The first-order valence-corrected chi connectivity index (χ1v) is 6.12. The van der Waals surface area contributed by atoms with Crippen LogP contribution in [0.25, 0.3) is 0 Å². The van der Waals surface area contributed by atoms with E-state index >= 15 is 0 Å². The van der Waals surface area contributed by atoms with Gasteiger partial charge in [-0.3, -0.25) is 9.48 Å². The number of carboxylic acid groups (broad SMARTS) is 1. The average molecular weight is 289 g/mol. The molecular formula is C11H17BrN2O2. The fourth-order valence-electron chi connectivity index (χ4n) is 1.41.